The van der Waals surface area contributed by atoms with Crippen molar-refractivity contribution < 1.29 is 14.6 Å². The van der Waals surface area contributed by atoms with Crippen LogP contribution in [0.2, 0.25) is 0 Å². The second-order valence-corrected chi connectivity index (χ2v) is 4.23. The van der Waals surface area contributed by atoms with Crippen LogP contribution in [0.3, 0.4) is 0 Å². The molecule has 0 saturated carbocycles. The van der Waals surface area contributed by atoms with Crippen LogP contribution in [0.15, 0.2) is 24.3 Å². The lowest BCUT2D eigenvalue weighted by Gasteiger charge is -2.12. The van der Waals surface area contributed by atoms with E-state index in [-0.39, 0.29) is 5.92 Å². The molecule has 1 unspecified atom stereocenters. The van der Waals surface area contributed by atoms with Gasteiger partial charge < -0.3 is 9.84 Å². The highest BCUT2D eigenvalue weighted by Crippen LogP contribution is 2.19. The number of hydrogen-bond donors (Lipinski definition) is 1. The van der Waals surface area contributed by atoms with Gasteiger partial charge in [0, 0.05) is 0 Å². The lowest BCUT2D eigenvalue weighted by atomic mass is 9.94. The van der Waals surface area contributed by atoms with E-state index in [1.807, 2.05) is 24.3 Å². The molecule has 0 bridgehead atoms. The van der Waals surface area contributed by atoms with Crippen LogP contribution >= 0.6 is 0 Å². The Labute approximate surface area is 102 Å². The smallest absolute Gasteiger partial charge is 0.306 e. The highest BCUT2D eigenvalue weighted by atomic mass is 16.5. The zero-order chi connectivity index (χ0) is 12.7. The molecule has 0 aromatic heterocycles. The molecular formula is C14H20O3. The Morgan fingerprint density at radius 2 is 2.24 bits per heavy atom. The number of aliphatic carboxylic acids is 1. The SMILES string of the molecule is CCCCC(Cc1cccc(OC)c1)C(=O)O. The Balaban J connectivity index is 2.67. The average Bonchev–Trinajstić information content (AvgIpc) is 2.34. The van der Waals surface area contributed by atoms with Gasteiger partial charge in [0.2, 0.25) is 0 Å². The lowest BCUT2D eigenvalue weighted by molar-refractivity contribution is -0.142. The lowest BCUT2D eigenvalue weighted by Crippen LogP contribution is -2.16. The Hall–Kier alpha value is -1.51. The molecule has 0 aliphatic heterocycles. The molecular weight excluding hydrogens is 216 g/mol. The van der Waals surface area contributed by atoms with Crippen molar-refractivity contribution in [1.29, 1.82) is 0 Å². The van der Waals surface area contributed by atoms with E-state index in [0.717, 1.165) is 30.6 Å². The largest absolute Gasteiger partial charge is 0.497 e. The first kappa shape index (κ1) is 13.6. The summed E-state index contributed by atoms with van der Waals surface area (Å²) in [6.07, 6.45) is 3.30. The van der Waals surface area contributed by atoms with Crippen LogP contribution in [0.25, 0.3) is 0 Å². The third-order valence-corrected chi connectivity index (χ3v) is 2.87. The molecule has 0 radical (unpaired) electrons. The normalized spacial score (nSPS) is 12.1. The number of benzene rings is 1. The van der Waals surface area contributed by atoms with Gasteiger partial charge in [-0.15, -0.1) is 0 Å². The van der Waals surface area contributed by atoms with Crippen LogP contribution in [-0.2, 0) is 11.2 Å². The monoisotopic (exact) mass is 236 g/mol. The van der Waals surface area contributed by atoms with Crippen LogP contribution in [0.1, 0.15) is 31.7 Å². The molecule has 0 amide bonds. The van der Waals surface area contributed by atoms with E-state index in [1.165, 1.54) is 0 Å². The fourth-order valence-corrected chi connectivity index (χ4v) is 1.85. The topological polar surface area (TPSA) is 46.5 Å². The van der Waals surface area contributed by atoms with Crippen molar-refractivity contribution in [3.63, 3.8) is 0 Å². The van der Waals surface area contributed by atoms with E-state index in [1.54, 1.807) is 7.11 Å². The number of carboxylic acids is 1. The third-order valence-electron chi connectivity index (χ3n) is 2.87. The fraction of sp³-hybridized carbons (Fsp3) is 0.500. The summed E-state index contributed by atoms with van der Waals surface area (Å²) in [7, 11) is 1.62. The van der Waals surface area contributed by atoms with Crippen molar-refractivity contribution in [2.24, 2.45) is 5.92 Å². The maximum atomic E-state index is 11.1. The first-order valence-corrected chi connectivity index (χ1v) is 6.03. The molecule has 1 rings (SSSR count). The second-order valence-electron chi connectivity index (χ2n) is 4.23. The molecule has 3 heteroatoms. The van der Waals surface area contributed by atoms with E-state index >= 15 is 0 Å². The van der Waals surface area contributed by atoms with Crippen LogP contribution in [0.4, 0.5) is 0 Å². The summed E-state index contributed by atoms with van der Waals surface area (Å²) >= 11 is 0. The summed E-state index contributed by atoms with van der Waals surface area (Å²) in [5, 5.41) is 9.16. The summed E-state index contributed by atoms with van der Waals surface area (Å²) in [6, 6.07) is 7.62. The Bertz CT molecular complexity index is 360. The van der Waals surface area contributed by atoms with Gasteiger partial charge in [0.1, 0.15) is 5.75 Å². The number of carboxylic acid groups (broad SMARTS) is 1. The summed E-state index contributed by atoms with van der Waals surface area (Å²) in [4.78, 5) is 11.1. The Kier molecular flexibility index (Phi) is 5.53. The van der Waals surface area contributed by atoms with Gasteiger partial charge in [0.25, 0.3) is 0 Å². The Morgan fingerprint density at radius 1 is 1.47 bits per heavy atom. The van der Waals surface area contributed by atoms with E-state index < -0.39 is 5.97 Å². The average molecular weight is 236 g/mol. The number of carbonyl (C=O) groups is 1. The van der Waals surface area contributed by atoms with Gasteiger partial charge in [-0.1, -0.05) is 31.9 Å². The van der Waals surface area contributed by atoms with Crippen molar-refractivity contribution in [2.75, 3.05) is 7.11 Å². The van der Waals surface area contributed by atoms with E-state index in [9.17, 15) is 4.79 Å². The fourth-order valence-electron chi connectivity index (χ4n) is 1.85. The zero-order valence-corrected chi connectivity index (χ0v) is 10.5. The highest BCUT2D eigenvalue weighted by molar-refractivity contribution is 5.70. The summed E-state index contributed by atoms with van der Waals surface area (Å²) < 4.78 is 5.13. The zero-order valence-electron chi connectivity index (χ0n) is 10.5. The molecule has 0 heterocycles. The third kappa shape index (κ3) is 4.47. The molecule has 3 nitrogen and oxygen atoms in total. The first-order chi connectivity index (χ1) is 8.17. The van der Waals surface area contributed by atoms with Gasteiger partial charge in [-0.25, -0.2) is 0 Å². The van der Waals surface area contributed by atoms with Crippen molar-refractivity contribution in [2.45, 2.75) is 32.6 Å². The number of unbranched alkanes of at least 4 members (excludes halogenated alkanes) is 1. The van der Waals surface area contributed by atoms with Gasteiger partial charge in [0.15, 0.2) is 0 Å². The van der Waals surface area contributed by atoms with Crippen LogP contribution < -0.4 is 4.74 Å². The summed E-state index contributed by atoms with van der Waals surface area (Å²) in [5.74, 6) is -0.217. The van der Waals surface area contributed by atoms with Gasteiger partial charge in [-0.2, -0.15) is 0 Å². The van der Waals surface area contributed by atoms with Crippen molar-refractivity contribution >= 4 is 5.97 Å². The van der Waals surface area contributed by atoms with E-state index in [0.29, 0.717) is 6.42 Å². The number of rotatable bonds is 7. The van der Waals surface area contributed by atoms with Gasteiger partial charge in [-0.3, -0.25) is 4.79 Å². The molecule has 94 valence electrons. The van der Waals surface area contributed by atoms with Crippen molar-refractivity contribution in [1.82, 2.24) is 0 Å². The van der Waals surface area contributed by atoms with E-state index in [2.05, 4.69) is 6.92 Å². The molecule has 1 atom stereocenters. The summed E-state index contributed by atoms with van der Waals surface area (Å²) in [6.45, 7) is 2.07. The molecule has 1 N–H and O–H groups in total. The summed E-state index contributed by atoms with van der Waals surface area (Å²) in [5.41, 5.74) is 1.02. The minimum absolute atomic E-state index is 0.290. The number of methoxy groups -OCH3 is 1. The van der Waals surface area contributed by atoms with Crippen molar-refractivity contribution in [3.8, 4) is 5.75 Å². The molecule has 0 aliphatic rings. The Morgan fingerprint density at radius 3 is 2.82 bits per heavy atom. The van der Waals surface area contributed by atoms with Gasteiger partial charge >= 0.3 is 5.97 Å². The van der Waals surface area contributed by atoms with Gasteiger partial charge in [0.05, 0.1) is 13.0 Å². The molecule has 0 aliphatic carbocycles. The minimum atomic E-state index is -0.707. The minimum Gasteiger partial charge on any atom is -0.497 e. The van der Waals surface area contributed by atoms with Crippen LogP contribution in [-0.4, -0.2) is 18.2 Å². The van der Waals surface area contributed by atoms with Crippen LogP contribution in [0.5, 0.6) is 5.75 Å². The number of ether oxygens (including phenoxy) is 1. The van der Waals surface area contributed by atoms with Crippen LogP contribution in [0, 0.1) is 5.92 Å². The second kappa shape index (κ2) is 6.94. The standard InChI is InChI=1S/C14H20O3/c1-3-4-7-12(14(15)16)9-11-6-5-8-13(10-11)17-2/h5-6,8,10,12H,3-4,7,9H2,1-2H3,(H,15,16). The number of hydrogen-bond acceptors (Lipinski definition) is 2. The van der Waals surface area contributed by atoms with E-state index in [4.69, 9.17) is 9.84 Å². The quantitative estimate of drug-likeness (QED) is 0.791. The highest BCUT2D eigenvalue weighted by Gasteiger charge is 2.17. The predicted molar refractivity (Wildman–Crippen MR) is 67.3 cm³/mol. The molecule has 1 aromatic carbocycles. The van der Waals surface area contributed by atoms with Crippen molar-refractivity contribution in [3.05, 3.63) is 29.8 Å². The molecule has 0 spiro atoms. The maximum Gasteiger partial charge on any atom is 0.306 e. The first-order valence-electron chi connectivity index (χ1n) is 6.03. The molecule has 0 saturated heterocycles. The molecule has 0 fully saturated rings. The van der Waals surface area contributed by atoms with Gasteiger partial charge in [-0.05, 0) is 30.5 Å². The molecule has 17 heavy (non-hydrogen) atoms. The predicted octanol–water partition coefficient (Wildman–Crippen LogP) is 3.13. The molecule has 1 aromatic rings. The maximum absolute atomic E-state index is 11.1.